The van der Waals surface area contributed by atoms with Crippen molar-refractivity contribution in [3.8, 4) is 5.75 Å². The molecule has 0 spiro atoms. The average molecular weight is 320 g/mol. The van der Waals surface area contributed by atoms with E-state index in [1.165, 1.54) is 4.31 Å². The van der Waals surface area contributed by atoms with E-state index in [1.54, 1.807) is 13.2 Å². The summed E-state index contributed by atoms with van der Waals surface area (Å²) in [6, 6.07) is 5.64. The molecule has 1 heterocycles. The number of halogens is 1. The summed E-state index contributed by atoms with van der Waals surface area (Å²) in [5, 5.41) is 0. The molecule has 0 radical (unpaired) electrons. The maximum Gasteiger partial charge on any atom is 0.245 e. The number of methoxy groups -OCH3 is 1. The second-order valence-electron chi connectivity index (χ2n) is 3.86. The zero-order chi connectivity index (χ0) is 12.5. The highest BCUT2D eigenvalue weighted by molar-refractivity contribution is 9.10. The van der Waals surface area contributed by atoms with E-state index in [9.17, 15) is 8.42 Å². The Labute approximate surface area is 110 Å². The first-order valence-electron chi connectivity index (χ1n) is 5.32. The zero-order valence-corrected chi connectivity index (χ0v) is 11.9. The predicted octanol–water partition coefficient (Wildman–Crippen LogP) is 2.13. The number of alkyl halides is 1. The van der Waals surface area contributed by atoms with Crippen molar-refractivity contribution in [2.75, 3.05) is 22.6 Å². The molecular weight excluding hydrogens is 306 g/mol. The van der Waals surface area contributed by atoms with E-state index in [4.69, 9.17) is 4.74 Å². The first-order chi connectivity index (χ1) is 8.10. The molecule has 94 valence electrons. The van der Waals surface area contributed by atoms with Gasteiger partial charge >= 0.3 is 0 Å². The Morgan fingerprint density at radius 3 is 2.88 bits per heavy atom. The van der Waals surface area contributed by atoms with Crippen LogP contribution >= 0.6 is 15.9 Å². The van der Waals surface area contributed by atoms with Gasteiger partial charge in [-0.25, -0.2) is 8.42 Å². The van der Waals surface area contributed by atoms with Crippen LogP contribution in [0.25, 0.3) is 0 Å². The van der Waals surface area contributed by atoms with E-state index in [-0.39, 0.29) is 4.66 Å². The summed E-state index contributed by atoms with van der Waals surface area (Å²) in [5.74, 6) is 0.617. The standard InChI is InChI=1S/C11H14BrNO3S/c1-16-10-6-2-4-9-5-3-7-13(11(9)10)17(14,15)8-12/h2,4,6H,3,5,7-8H2,1H3. The number of ether oxygens (including phenoxy) is 1. The summed E-state index contributed by atoms with van der Waals surface area (Å²) < 4.78 is 30.7. The monoisotopic (exact) mass is 319 g/mol. The summed E-state index contributed by atoms with van der Waals surface area (Å²) in [5.41, 5.74) is 1.72. The zero-order valence-electron chi connectivity index (χ0n) is 9.52. The number of fused-ring (bicyclic) bond motifs is 1. The molecule has 1 aromatic rings. The lowest BCUT2D eigenvalue weighted by Gasteiger charge is -2.31. The highest BCUT2D eigenvalue weighted by atomic mass is 79.9. The van der Waals surface area contributed by atoms with Gasteiger partial charge in [-0.15, -0.1) is 0 Å². The van der Waals surface area contributed by atoms with Crippen LogP contribution in [0.4, 0.5) is 5.69 Å². The lowest BCUT2D eigenvalue weighted by molar-refractivity contribution is 0.414. The van der Waals surface area contributed by atoms with Crippen molar-refractivity contribution in [2.24, 2.45) is 0 Å². The third-order valence-corrected chi connectivity index (χ3v) is 5.88. The van der Waals surface area contributed by atoms with Crippen LogP contribution in [0.5, 0.6) is 5.75 Å². The smallest absolute Gasteiger partial charge is 0.245 e. The molecule has 1 aliphatic heterocycles. The van der Waals surface area contributed by atoms with Crippen LogP contribution in [0.2, 0.25) is 0 Å². The highest BCUT2D eigenvalue weighted by Gasteiger charge is 2.29. The van der Waals surface area contributed by atoms with E-state index in [0.717, 1.165) is 18.4 Å². The molecule has 17 heavy (non-hydrogen) atoms. The molecule has 0 amide bonds. The summed E-state index contributed by atoms with van der Waals surface area (Å²) >= 11 is 3.03. The Kier molecular flexibility index (Phi) is 3.63. The Balaban J connectivity index is 2.57. The van der Waals surface area contributed by atoms with E-state index in [2.05, 4.69) is 15.9 Å². The predicted molar refractivity (Wildman–Crippen MR) is 71.4 cm³/mol. The molecule has 0 aromatic heterocycles. The van der Waals surface area contributed by atoms with Gasteiger partial charge in [0, 0.05) is 6.54 Å². The SMILES string of the molecule is COc1cccc2c1N(S(=O)(=O)CBr)CCC2. The molecule has 0 unspecified atom stereocenters. The molecule has 0 N–H and O–H groups in total. The summed E-state index contributed by atoms with van der Waals surface area (Å²) in [4.78, 5) is 0. The topological polar surface area (TPSA) is 46.6 Å². The molecule has 6 heteroatoms. The number of sulfonamides is 1. The van der Waals surface area contributed by atoms with Crippen LogP contribution in [0.15, 0.2) is 18.2 Å². The van der Waals surface area contributed by atoms with Gasteiger partial charge in [0.2, 0.25) is 10.0 Å². The van der Waals surface area contributed by atoms with Crippen molar-refractivity contribution in [3.05, 3.63) is 23.8 Å². The molecule has 4 nitrogen and oxygen atoms in total. The Hall–Kier alpha value is -0.750. The van der Waals surface area contributed by atoms with Gasteiger partial charge in [-0.1, -0.05) is 28.1 Å². The Morgan fingerprint density at radius 1 is 1.47 bits per heavy atom. The van der Waals surface area contributed by atoms with Gasteiger partial charge in [-0.05, 0) is 24.5 Å². The van der Waals surface area contributed by atoms with Crippen molar-refractivity contribution in [1.82, 2.24) is 0 Å². The fourth-order valence-corrected chi connectivity index (χ4v) is 3.83. The molecule has 0 bridgehead atoms. The van der Waals surface area contributed by atoms with Crippen molar-refractivity contribution < 1.29 is 13.2 Å². The number of benzene rings is 1. The molecule has 1 aliphatic rings. The third-order valence-electron chi connectivity index (χ3n) is 2.83. The molecule has 0 aliphatic carbocycles. The molecule has 0 saturated carbocycles. The van der Waals surface area contributed by atoms with Gasteiger partial charge in [0.1, 0.15) is 10.4 Å². The molecule has 0 atom stereocenters. The van der Waals surface area contributed by atoms with Gasteiger partial charge in [-0.3, -0.25) is 4.31 Å². The van der Waals surface area contributed by atoms with E-state index in [1.807, 2.05) is 12.1 Å². The van der Waals surface area contributed by atoms with Gasteiger partial charge in [0.05, 0.1) is 12.8 Å². The normalized spacial score (nSPS) is 15.5. The Bertz CT molecular complexity index is 501. The Morgan fingerprint density at radius 2 is 2.24 bits per heavy atom. The maximum atomic E-state index is 12.0. The number of aryl methyl sites for hydroxylation is 1. The van der Waals surface area contributed by atoms with E-state index < -0.39 is 10.0 Å². The molecule has 0 fully saturated rings. The molecule has 0 saturated heterocycles. The second-order valence-corrected chi connectivity index (χ2v) is 7.06. The number of anilines is 1. The highest BCUT2D eigenvalue weighted by Crippen LogP contribution is 2.37. The first-order valence-corrected chi connectivity index (χ1v) is 8.05. The van der Waals surface area contributed by atoms with Crippen LogP contribution < -0.4 is 9.04 Å². The molecule has 1 aromatic carbocycles. The lowest BCUT2D eigenvalue weighted by Crippen LogP contribution is -2.36. The van der Waals surface area contributed by atoms with Gasteiger partial charge in [-0.2, -0.15) is 0 Å². The van der Waals surface area contributed by atoms with Gasteiger partial charge in [0.15, 0.2) is 0 Å². The minimum atomic E-state index is -3.30. The fourth-order valence-electron chi connectivity index (χ4n) is 2.08. The second kappa shape index (κ2) is 4.86. The summed E-state index contributed by atoms with van der Waals surface area (Å²) in [6.45, 7) is 0.515. The lowest BCUT2D eigenvalue weighted by atomic mass is 10.0. The van der Waals surface area contributed by atoms with Crippen LogP contribution in [0, 0.1) is 0 Å². The van der Waals surface area contributed by atoms with E-state index in [0.29, 0.717) is 18.0 Å². The summed E-state index contributed by atoms with van der Waals surface area (Å²) in [7, 11) is -1.74. The number of hydrogen-bond donors (Lipinski definition) is 0. The largest absolute Gasteiger partial charge is 0.495 e. The third kappa shape index (κ3) is 2.28. The van der Waals surface area contributed by atoms with Crippen molar-refractivity contribution in [1.29, 1.82) is 0 Å². The average Bonchev–Trinajstić information content (AvgIpc) is 2.37. The minimum absolute atomic E-state index is 0.0719. The number of rotatable bonds is 3. The van der Waals surface area contributed by atoms with Gasteiger partial charge < -0.3 is 4.74 Å². The summed E-state index contributed by atoms with van der Waals surface area (Å²) in [6.07, 6.45) is 1.73. The van der Waals surface area contributed by atoms with Crippen LogP contribution in [-0.2, 0) is 16.4 Å². The van der Waals surface area contributed by atoms with Gasteiger partial charge in [0.25, 0.3) is 0 Å². The van der Waals surface area contributed by atoms with Crippen molar-refractivity contribution in [3.63, 3.8) is 0 Å². The van der Waals surface area contributed by atoms with Crippen molar-refractivity contribution >= 4 is 31.6 Å². The molecular formula is C11H14BrNO3S. The quantitative estimate of drug-likeness (QED) is 0.802. The van der Waals surface area contributed by atoms with Crippen LogP contribution in [0.1, 0.15) is 12.0 Å². The fraction of sp³-hybridized carbons (Fsp3) is 0.455. The number of nitrogens with zero attached hydrogens (tertiary/aromatic N) is 1. The van der Waals surface area contributed by atoms with E-state index >= 15 is 0 Å². The number of hydrogen-bond acceptors (Lipinski definition) is 3. The van der Waals surface area contributed by atoms with Crippen molar-refractivity contribution in [2.45, 2.75) is 12.8 Å². The molecule has 2 rings (SSSR count). The maximum absolute atomic E-state index is 12.0. The first kappa shape index (κ1) is 12.7. The van der Waals surface area contributed by atoms with Crippen LogP contribution in [0.3, 0.4) is 0 Å². The number of para-hydroxylation sites is 1. The van der Waals surface area contributed by atoms with Crippen LogP contribution in [-0.4, -0.2) is 26.7 Å². The minimum Gasteiger partial charge on any atom is -0.495 e.